The van der Waals surface area contributed by atoms with Crippen molar-refractivity contribution in [2.24, 2.45) is 5.73 Å². The number of halogens is 3. The summed E-state index contributed by atoms with van der Waals surface area (Å²) in [5.74, 6) is -3.59. The standard InChI is InChI=1S/C24H17BClF2N3O5/c1-34-16-10-14-12(9-13(16)23(29)32)15(7-8-30-14)36-22-19(27)17(25)21(18(26)20(22)28)31-24(33)35-11-5-3-2-4-6-11/h2-10H,25H2,1H3,(H2,29,32)(H,31,33). The van der Waals surface area contributed by atoms with Crippen LogP contribution in [-0.4, -0.2) is 31.9 Å². The van der Waals surface area contributed by atoms with Crippen molar-refractivity contribution < 1.29 is 32.6 Å². The molecule has 36 heavy (non-hydrogen) atoms. The Morgan fingerprint density at radius 2 is 1.81 bits per heavy atom. The van der Waals surface area contributed by atoms with Gasteiger partial charge in [0.2, 0.25) is 0 Å². The molecule has 3 N–H and O–H groups in total. The fraction of sp³-hybridized carbons (Fsp3) is 0.0417. The smallest absolute Gasteiger partial charge is 0.417 e. The number of carbonyl (C=O) groups excluding carboxylic acids is 2. The molecule has 0 radical (unpaired) electrons. The van der Waals surface area contributed by atoms with Gasteiger partial charge in [0, 0.05) is 17.6 Å². The molecule has 0 saturated heterocycles. The first-order valence-electron chi connectivity index (χ1n) is 10.4. The van der Waals surface area contributed by atoms with Gasteiger partial charge in [-0.3, -0.25) is 15.1 Å². The van der Waals surface area contributed by atoms with Crippen molar-refractivity contribution in [1.82, 2.24) is 4.98 Å². The van der Waals surface area contributed by atoms with E-state index in [1.165, 1.54) is 51.5 Å². The molecule has 8 nitrogen and oxygen atoms in total. The van der Waals surface area contributed by atoms with Crippen molar-refractivity contribution in [3.8, 4) is 23.0 Å². The second-order valence-electron chi connectivity index (χ2n) is 7.44. The molecule has 0 aliphatic rings. The Hall–Kier alpha value is -4.38. The summed E-state index contributed by atoms with van der Waals surface area (Å²) in [6, 6.07) is 12.2. The van der Waals surface area contributed by atoms with Gasteiger partial charge in [-0.15, -0.1) is 0 Å². The van der Waals surface area contributed by atoms with Gasteiger partial charge in [-0.1, -0.05) is 29.8 Å². The number of carbonyl (C=O) groups is 2. The summed E-state index contributed by atoms with van der Waals surface area (Å²) in [6.07, 6.45) is 0.354. The lowest BCUT2D eigenvalue weighted by atomic mass is 9.92. The molecule has 0 saturated carbocycles. The van der Waals surface area contributed by atoms with Crippen LogP contribution in [0.1, 0.15) is 10.4 Å². The van der Waals surface area contributed by atoms with Crippen LogP contribution in [0.3, 0.4) is 0 Å². The van der Waals surface area contributed by atoms with Crippen LogP contribution in [0, 0.1) is 11.6 Å². The Bertz CT molecular complexity index is 1480. The maximum atomic E-state index is 15.3. The summed E-state index contributed by atoms with van der Waals surface area (Å²) >= 11 is 6.13. The number of para-hydroxylation sites is 1. The van der Waals surface area contributed by atoms with Gasteiger partial charge in [0.1, 0.15) is 30.1 Å². The number of hydrogen-bond acceptors (Lipinski definition) is 6. The van der Waals surface area contributed by atoms with E-state index < -0.39 is 34.4 Å². The molecule has 4 rings (SSSR count). The summed E-state index contributed by atoms with van der Waals surface area (Å²) in [5.41, 5.74) is 5.24. The minimum absolute atomic E-state index is 0.0227. The molecule has 4 aromatic rings. The Morgan fingerprint density at radius 1 is 1.08 bits per heavy atom. The zero-order valence-corrected chi connectivity index (χ0v) is 19.7. The number of ether oxygens (including phenoxy) is 3. The number of fused-ring (bicyclic) bond motifs is 1. The van der Waals surface area contributed by atoms with E-state index in [9.17, 15) is 9.59 Å². The van der Waals surface area contributed by atoms with E-state index >= 15 is 8.78 Å². The third-order valence-electron chi connectivity index (χ3n) is 5.20. The van der Waals surface area contributed by atoms with E-state index in [0.29, 0.717) is 5.52 Å². The van der Waals surface area contributed by atoms with Crippen molar-refractivity contribution in [2.45, 2.75) is 0 Å². The largest absolute Gasteiger partial charge is 0.496 e. The monoisotopic (exact) mass is 511 g/mol. The third kappa shape index (κ3) is 4.73. The van der Waals surface area contributed by atoms with Gasteiger partial charge in [0.25, 0.3) is 5.91 Å². The Balaban J connectivity index is 1.71. The Morgan fingerprint density at radius 3 is 2.47 bits per heavy atom. The van der Waals surface area contributed by atoms with E-state index in [-0.39, 0.29) is 39.3 Å². The Labute approximate surface area is 209 Å². The number of methoxy groups -OCH3 is 1. The minimum Gasteiger partial charge on any atom is -0.496 e. The number of hydrogen-bond donors (Lipinski definition) is 2. The number of amides is 2. The van der Waals surface area contributed by atoms with Gasteiger partial charge in [0.15, 0.2) is 17.4 Å². The number of primary amides is 1. The first-order chi connectivity index (χ1) is 17.2. The molecule has 0 unspecified atom stereocenters. The molecular formula is C24H17BClF2N3O5. The first-order valence-corrected chi connectivity index (χ1v) is 10.7. The highest BCUT2D eigenvalue weighted by molar-refractivity contribution is 6.42. The SMILES string of the molecule is Bc1c(F)c(Oc2ccnc3cc(OC)c(C(N)=O)cc23)c(F)c(Cl)c1NC(=O)Oc1ccccc1. The molecule has 0 spiro atoms. The number of nitrogens with two attached hydrogens (primary N) is 1. The van der Waals surface area contributed by atoms with Gasteiger partial charge in [-0.05, 0) is 29.7 Å². The number of pyridine rings is 1. The van der Waals surface area contributed by atoms with E-state index in [4.69, 9.17) is 31.5 Å². The fourth-order valence-corrected chi connectivity index (χ4v) is 3.70. The Kier molecular flexibility index (Phi) is 6.93. The van der Waals surface area contributed by atoms with E-state index in [1.807, 2.05) is 0 Å². The van der Waals surface area contributed by atoms with Crippen LogP contribution >= 0.6 is 11.6 Å². The predicted octanol–water partition coefficient (Wildman–Crippen LogP) is 3.94. The quantitative estimate of drug-likeness (QED) is 0.300. The van der Waals surface area contributed by atoms with Gasteiger partial charge in [-0.2, -0.15) is 0 Å². The molecule has 182 valence electrons. The maximum absolute atomic E-state index is 15.3. The van der Waals surface area contributed by atoms with Crippen molar-refractivity contribution in [3.63, 3.8) is 0 Å². The van der Waals surface area contributed by atoms with Crippen molar-refractivity contribution >= 4 is 53.5 Å². The molecule has 0 aliphatic heterocycles. The van der Waals surface area contributed by atoms with Crippen molar-refractivity contribution in [3.05, 3.63) is 76.9 Å². The molecule has 0 bridgehead atoms. The zero-order chi connectivity index (χ0) is 26.0. The lowest BCUT2D eigenvalue weighted by Gasteiger charge is -2.17. The van der Waals surface area contributed by atoms with Crippen molar-refractivity contribution in [1.29, 1.82) is 0 Å². The topological polar surface area (TPSA) is 113 Å². The normalized spacial score (nSPS) is 10.7. The maximum Gasteiger partial charge on any atom is 0.417 e. The van der Waals surface area contributed by atoms with Gasteiger partial charge in [0.05, 0.1) is 23.9 Å². The second-order valence-corrected chi connectivity index (χ2v) is 7.82. The number of anilines is 1. The molecular weight excluding hydrogens is 495 g/mol. The second kappa shape index (κ2) is 10.1. The summed E-state index contributed by atoms with van der Waals surface area (Å²) in [5, 5.41) is 1.91. The van der Waals surface area contributed by atoms with Gasteiger partial charge in [-0.25, -0.2) is 13.6 Å². The molecule has 0 atom stereocenters. The van der Waals surface area contributed by atoms with E-state index in [1.54, 1.807) is 18.2 Å². The van der Waals surface area contributed by atoms with Crippen LogP contribution in [0.25, 0.3) is 10.9 Å². The molecule has 0 aliphatic carbocycles. The number of nitrogens with one attached hydrogen (secondary N) is 1. The fourth-order valence-electron chi connectivity index (χ4n) is 3.42. The number of nitrogens with zero attached hydrogens (tertiary/aromatic N) is 1. The molecule has 0 fully saturated rings. The predicted molar refractivity (Wildman–Crippen MR) is 133 cm³/mol. The van der Waals surface area contributed by atoms with Crippen LogP contribution in [-0.2, 0) is 0 Å². The lowest BCUT2D eigenvalue weighted by Crippen LogP contribution is -2.25. The average molecular weight is 512 g/mol. The van der Waals surface area contributed by atoms with E-state index in [2.05, 4.69) is 10.3 Å². The van der Waals surface area contributed by atoms with Crippen LogP contribution in [0.5, 0.6) is 23.0 Å². The summed E-state index contributed by atoms with van der Waals surface area (Å²) in [7, 11) is 2.64. The summed E-state index contributed by atoms with van der Waals surface area (Å²) < 4.78 is 46.3. The highest BCUT2D eigenvalue weighted by Gasteiger charge is 2.25. The van der Waals surface area contributed by atoms with Crippen LogP contribution in [0.15, 0.2) is 54.7 Å². The number of rotatable bonds is 6. The van der Waals surface area contributed by atoms with Crippen LogP contribution in [0.2, 0.25) is 5.02 Å². The lowest BCUT2D eigenvalue weighted by molar-refractivity contribution is 0.0997. The average Bonchev–Trinajstić information content (AvgIpc) is 2.87. The highest BCUT2D eigenvalue weighted by atomic mass is 35.5. The summed E-state index contributed by atoms with van der Waals surface area (Å²) in [6.45, 7) is 0. The molecule has 12 heteroatoms. The van der Waals surface area contributed by atoms with Gasteiger partial charge < -0.3 is 19.9 Å². The van der Waals surface area contributed by atoms with Crippen molar-refractivity contribution in [2.75, 3.05) is 12.4 Å². The summed E-state index contributed by atoms with van der Waals surface area (Å²) in [4.78, 5) is 28.2. The highest BCUT2D eigenvalue weighted by Crippen LogP contribution is 2.38. The zero-order valence-electron chi connectivity index (χ0n) is 18.9. The molecule has 3 aromatic carbocycles. The van der Waals surface area contributed by atoms with E-state index in [0.717, 1.165) is 0 Å². The number of benzene rings is 3. The molecule has 1 heterocycles. The first kappa shape index (κ1) is 24.7. The third-order valence-corrected chi connectivity index (χ3v) is 5.55. The van der Waals surface area contributed by atoms with Crippen LogP contribution < -0.4 is 30.7 Å². The van der Waals surface area contributed by atoms with Crippen LogP contribution in [0.4, 0.5) is 19.3 Å². The molecule has 1 aromatic heterocycles. The molecule has 2 amide bonds. The number of aromatic nitrogens is 1. The van der Waals surface area contributed by atoms with Gasteiger partial charge >= 0.3 is 6.09 Å². The minimum atomic E-state index is -1.26.